The number of carbonyl (C=O) groups excluding carboxylic acids is 1. The van der Waals surface area contributed by atoms with Crippen molar-refractivity contribution in [1.29, 1.82) is 0 Å². The second kappa shape index (κ2) is 8.26. The molecule has 7 heteroatoms. The van der Waals surface area contributed by atoms with Crippen molar-refractivity contribution in [2.24, 2.45) is 0 Å². The summed E-state index contributed by atoms with van der Waals surface area (Å²) in [6, 6.07) is 15.9. The first kappa shape index (κ1) is 18.9. The lowest BCUT2D eigenvalue weighted by Crippen LogP contribution is -2.49. The number of carbonyl (C=O) groups is 1. The molecule has 0 atom stereocenters. The SMILES string of the molecule is O=C(c1cccnc1Nc1cccc(F)c1)N1CCN(c2cccc(F)c2)CC1. The highest BCUT2D eigenvalue weighted by Gasteiger charge is 2.24. The van der Waals surface area contributed by atoms with Crippen molar-refractivity contribution in [3.05, 3.63) is 84.1 Å². The van der Waals surface area contributed by atoms with Crippen molar-refractivity contribution in [3.63, 3.8) is 0 Å². The summed E-state index contributed by atoms with van der Waals surface area (Å²) >= 11 is 0. The molecule has 148 valence electrons. The number of hydrogen-bond donors (Lipinski definition) is 1. The van der Waals surface area contributed by atoms with Crippen molar-refractivity contribution in [2.45, 2.75) is 0 Å². The molecule has 1 saturated heterocycles. The van der Waals surface area contributed by atoms with Crippen LogP contribution < -0.4 is 10.2 Å². The van der Waals surface area contributed by atoms with Crippen molar-refractivity contribution in [2.75, 3.05) is 36.4 Å². The van der Waals surface area contributed by atoms with Crippen LogP contribution in [0.1, 0.15) is 10.4 Å². The standard InChI is InChI=1S/C22H20F2N4O/c23-16-4-1-6-18(14-16)26-21-20(8-3-9-25-21)22(29)28-12-10-27(11-13-28)19-7-2-5-17(24)15-19/h1-9,14-15H,10-13H2,(H,25,26). The van der Waals surface area contributed by atoms with Crippen LogP contribution in [0, 0.1) is 11.6 Å². The molecule has 1 N–H and O–H groups in total. The van der Waals surface area contributed by atoms with Gasteiger partial charge in [0.05, 0.1) is 5.56 Å². The Morgan fingerprint density at radius 1 is 0.897 bits per heavy atom. The maximum atomic E-state index is 13.5. The molecule has 1 aliphatic heterocycles. The van der Waals surface area contributed by atoms with Gasteiger partial charge in [0, 0.05) is 43.8 Å². The first-order chi connectivity index (χ1) is 14.1. The number of piperazine rings is 1. The average molecular weight is 394 g/mol. The van der Waals surface area contributed by atoms with Crippen molar-refractivity contribution in [3.8, 4) is 0 Å². The molecule has 4 rings (SSSR count). The molecule has 0 aliphatic carbocycles. The predicted octanol–water partition coefficient (Wildman–Crippen LogP) is 4.07. The number of anilines is 3. The fourth-order valence-electron chi connectivity index (χ4n) is 3.39. The number of aromatic nitrogens is 1. The van der Waals surface area contributed by atoms with Gasteiger partial charge < -0.3 is 15.1 Å². The minimum absolute atomic E-state index is 0.143. The molecule has 0 unspecified atom stereocenters. The highest BCUT2D eigenvalue weighted by molar-refractivity contribution is 5.99. The first-order valence-electron chi connectivity index (χ1n) is 9.37. The lowest BCUT2D eigenvalue weighted by Gasteiger charge is -2.36. The Bertz CT molecular complexity index is 1020. The van der Waals surface area contributed by atoms with Crippen molar-refractivity contribution < 1.29 is 13.6 Å². The fraction of sp³-hybridized carbons (Fsp3) is 0.182. The van der Waals surface area contributed by atoms with Gasteiger partial charge in [-0.3, -0.25) is 4.79 Å². The normalized spacial score (nSPS) is 14.0. The Hall–Kier alpha value is -3.48. The van der Waals surface area contributed by atoms with Crippen LogP contribution >= 0.6 is 0 Å². The van der Waals surface area contributed by atoms with Gasteiger partial charge in [-0.25, -0.2) is 13.8 Å². The smallest absolute Gasteiger partial charge is 0.257 e. The van der Waals surface area contributed by atoms with Gasteiger partial charge in [-0.05, 0) is 48.5 Å². The van der Waals surface area contributed by atoms with E-state index in [4.69, 9.17) is 0 Å². The average Bonchev–Trinajstić information content (AvgIpc) is 2.74. The minimum Gasteiger partial charge on any atom is -0.368 e. The Labute approximate surface area is 167 Å². The lowest BCUT2D eigenvalue weighted by atomic mass is 10.2. The second-order valence-electron chi connectivity index (χ2n) is 6.79. The van der Waals surface area contributed by atoms with E-state index in [0.717, 1.165) is 5.69 Å². The van der Waals surface area contributed by atoms with E-state index in [1.807, 2.05) is 6.07 Å². The summed E-state index contributed by atoms with van der Waals surface area (Å²) in [6.45, 7) is 2.26. The van der Waals surface area contributed by atoms with E-state index in [1.165, 1.54) is 24.3 Å². The Morgan fingerprint density at radius 3 is 2.34 bits per heavy atom. The minimum atomic E-state index is -0.368. The largest absolute Gasteiger partial charge is 0.368 e. The van der Waals surface area contributed by atoms with Gasteiger partial charge in [-0.1, -0.05) is 12.1 Å². The summed E-state index contributed by atoms with van der Waals surface area (Å²) in [7, 11) is 0. The summed E-state index contributed by atoms with van der Waals surface area (Å²) in [5, 5.41) is 3.02. The number of halogens is 2. The van der Waals surface area contributed by atoms with Crippen LogP contribution in [0.25, 0.3) is 0 Å². The molecule has 5 nitrogen and oxygen atoms in total. The third-order valence-electron chi connectivity index (χ3n) is 4.87. The molecule has 2 aromatic carbocycles. The topological polar surface area (TPSA) is 48.5 Å². The number of nitrogens with zero attached hydrogens (tertiary/aromatic N) is 3. The van der Waals surface area contributed by atoms with Gasteiger partial charge >= 0.3 is 0 Å². The summed E-state index contributed by atoms with van der Waals surface area (Å²) in [5.41, 5.74) is 1.76. The van der Waals surface area contributed by atoms with Gasteiger partial charge in [0.1, 0.15) is 17.5 Å². The molecule has 0 bridgehead atoms. The molecular weight excluding hydrogens is 374 g/mol. The Morgan fingerprint density at radius 2 is 1.62 bits per heavy atom. The lowest BCUT2D eigenvalue weighted by molar-refractivity contribution is 0.0747. The van der Waals surface area contributed by atoms with Crippen LogP contribution in [0.4, 0.5) is 26.0 Å². The van der Waals surface area contributed by atoms with E-state index in [1.54, 1.807) is 41.4 Å². The number of amides is 1. The van der Waals surface area contributed by atoms with E-state index < -0.39 is 0 Å². The third kappa shape index (κ3) is 4.34. The number of rotatable bonds is 4. The van der Waals surface area contributed by atoms with E-state index in [0.29, 0.717) is 43.2 Å². The van der Waals surface area contributed by atoms with Crippen molar-refractivity contribution in [1.82, 2.24) is 9.88 Å². The molecule has 1 aliphatic rings. The Balaban J connectivity index is 1.47. The quantitative estimate of drug-likeness (QED) is 0.725. The molecule has 0 radical (unpaired) electrons. The number of hydrogen-bond acceptors (Lipinski definition) is 4. The summed E-state index contributed by atoms with van der Waals surface area (Å²) in [5.74, 6) is -0.400. The Kier molecular flexibility index (Phi) is 5.37. The predicted molar refractivity (Wildman–Crippen MR) is 108 cm³/mol. The highest BCUT2D eigenvalue weighted by Crippen LogP contribution is 2.22. The molecule has 0 spiro atoms. The highest BCUT2D eigenvalue weighted by atomic mass is 19.1. The number of nitrogens with one attached hydrogen (secondary N) is 1. The number of pyridine rings is 1. The van der Waals surface area contributed by atoms with E-state index >= 15 is 0 Å². The van der Waals surface area contributed by atoms with Crippen LogP contribution in [-0.2, 0) is 0 Å². The zero-order chi connectivity index (χ0) is 20.2. The summed E-state index contributed by atoms with van der Waals surface area (Å²) in [4.78, 5) is 21.1. The molecule has 0 saturated carbocycles. The van der Waals surface area contributed by atoms with Crippen LogP contribution in [0.3, 0.4) is 0 Å². The fourth-order valence-corrected chi connectivity index (χ4v) is 3.39. The molecule has 1 fully saturated rings. The van der Waals surface area contributed by atoms with Crippen LogP contribution in [0.15, 0.2) is 66.9 Å². The zero-order valence-electron chi connectivity index (χ0n) is 15.7. The molecule has 1 amide bonds. The second-order valence-corrected chi connectivity index (χ2v) is 6.79. The van der Waals surface area contributed by atoms with Gasteiger partial charge in [-0.2, -0.15) is 0 Å². The molecule has 2 heterocycles. The van der Waals surface area contributed by atoms with Gasteiger partial charge in [0.2, 0.25) is 0 Å². The third-order valence-corrected chi connectivity index (χ3v) is 4.87. The summed E-state index contributed by atoms with van der Waals surface area (Å²) in [6.07, 6.45) is 1.58. The molecule has 3 aromatic rings. The monoisotopic (exact) mass is 394 g/mol. The van der Waals surface area contributed by atoms with Gasteiger partial charge in [-0.15, -0.1) is 0 Å². The van der Waals surface area contributed by atoms with E-state index in [9.17, 15) is 13.6 Å². The van der Waals surface area contributed by atoms with Crippen LogP contribution in [0.2, 0.25) is 0 Å². The number of benzene rings is 2. The van der Waals surface area contributed by atoms with E-state index in [2.05, 4.69) is 15.2 Å². The van der Waals surface area contributed by atoms with Crippen molar-refractivity contribution >= 4 is 23.1 Å². The van der Waals surface area contributed by atoms with Crippen LogP contribution in [0.5, 0.6) is 0 Å². The van der Waals surface area contributed by atoms with Gasteiger partial charge in [0.15, 0.2) is 0 Å². The van der Waals surface area contributed by atoms with Crippen LogP contribution in [-0.4, -0.2) is 42.0 Å². The first-order valence-corrected chi connectivity index (χ1v) is 9.37. The summed E-state index contributed by atoms with van der Waals surface area (Å²) < 4.78 is 26.9. The maximum Gasteiger partial charge on any atom is 0.257 e. The maximum absolute atomic E-state index is 13.5. The molecular formula is C22H20F2N4O. The zero-order valence-corrected chi connectivity index (χ0v) is 15.7. The van der Waals surface area contributed by atoms with E-state index in [-0.39, 0.29) is 17.5 Å². The molecule has 1 aromatic heterocycles. The van der Waals surface area contributed by atoms with Gasteiger partial charge in [0.25, 0.3) is 5.91 Å². The molecule has 29 heavy (non-hydrogen) atoms.